The van der Waals surface area contributed by atoms with Crippen LogP contribution in [0.15, 0.2) is 36.4 Å². The summed E-state index contributed by atoms with van der Waals surface area (Å²) >= 11 is 0. The second kappa shape index (κ2) is 8.66. The number of benzene rings is 2. The van der Waals surface area contributed by atoms with Crippen LogP contribution in [0.3, 0.4) is 0 Å². The smallest absolute Gasteiger partial charge is 0.319 e. The first-order valence-electron chi connectivity index (χ1n) is 9.20. The number of ether oxygens (including phenoxy) is 2. The van der Waals surface area contributed by atoms with E-state index < -0.39 is 0 Å². The van der Waals surface area contributed by atoms with Crippen LogP contribution < -0.4 is 25.0 Å². The van der Waals surface area contributed by atoms with E-state index in [1.807, 2.05) is 0 Å². The van der Waals surface area contributed by atoms with Gasteiger partial charge in [0, 0.05) is 49.7 Å². The zero-order valence-corrected chi connectivity index (χ0v) is 16.2. The predicted molar refractivity (Wildman–Crippen MR) is 108 cm³/mol. The zero-order chi connectivity index (χ0) is 19.2. The topological polar surface area (TPSA) is 62.8 Å². The first kappa shape index (κ1) is 18.9. The van der Waals surface area contributed by atoms with Gasteiger partial charge in [-0.1, -0.05) is 12.1 Å². The predicted octanol–water partition coefficient (Wildman–Crippen LogP) is 3.45. The molecule has 2 aromatic rings. The summed E-state index contributed by atoms with van der Waals surface area (Å²) in [5.41, 5.74) is 4.59. The SMILES string of the molecule is COc1cc(NC(=O)NCCc2ccc3c(c2)CCCN3C)cc(OC)c1. The van der Waals surface area contributed by atoms with Crippen molar-refractivity contribution in [3.8, 4) is 11.5 Å². The van der Waals surface area contributed by atoms with Gasteiger partial charge in [-0.3, -0.25) is 0 Å². The van der Waals surface area contributed by atoms with Crippen molar-refractivity contribution < 1.29 is 14.3 Å². The third-order valence-corrected chi connectivity index (χ3v) is 4.80. The number of aryl methyl sites for hydroxylation is 1. The average Bonchev–Trinajstić information content (AvgIpc) is 2.67. The second-order valence-corrected chi connectivity index (χ2v) is 6.72. The van der Waals surface area contributed by atoms with E-state index in [9.17, 15) is 4.79 Å². The van der Waals surface area contributed by atoms with Crippen molar-refractivity contribution in [2.45, 2.75) is 19.3 Å². The van der Waals surface area contributed by atoms with Gasteiger partial charge in [-0.15, -0.1) is 0 Å². The largest absolute Gasteiger partial charge is 0.497 e. The maximum Gasteiger partial charge on any atom is 0.319 e. The molecule has 6 heteroatoms. The van der Waals surface area contributed by atoms with Gasteiger partial charge in [0.2, 0.25) is 0 Å². The first-order valence-corrected chi connectivity index (χ1v) is 9.20. The number of carbonyl (C=O) groups excluding carboxylic acids is 1. The molecule has 2 aromatic carbocycles. The Kier molecular flexibility index (Phi) is 6.06. The molecule has 0 unspecified atom stereocenters. The van der Waals surface area contributed by atoms with Gasteiger partial charge >= 0.3 is 6.03 Å². The van der Waals surface area contributed by atoms with E-state index in [1.165, 1.54) is 23.2 Å². The minimum atomic E-state index is -0.247. The van der Waals surface area contributed by atoms with Crippen LogP contribution in [0.25, 0.3) is 0 Å². The van der Waals surface area contributed by atoms with E-state index in [0.717, 1.165) is 19.4 Å². The van der Waals surface area contributed by atoms with E-state index in [2.05, 4.69) is 40.8 Å². The molecular formula is C21H27N3O3. The summed E-state index contributed by atoms with van der Waals surface area (Å²) in [5, 5.41) is 5.72. The molecule has 1 heterocycles. The summed E-state index contributed by atoms with van der Waals surface area (Å²) < 4.78 is 10.4. The number of carbonyl (C=O) groups is 1. The molecule has 1 aliphatic heterocycles. The number of fused-ring (bicyclic) bond motifs is 1. The molecule has 6 nitrogen and oxygen atoms in total. The molecule has 0 bridgehead atoms. The van der Waals surface area contributed by atoms with Gasteiger partial charge in [0.1, 0.15) is 11.5 Å². The van der Waals surface area contributed by atoms with Gasteiger partial charge < -0.3 is 25.0 Å². The van der Waals surface area contributed by atoms with Crippen molar-refractivity contribution in [2.75, 3.05) is 44.6 Å². The van der Waals surface area contributed by atoms with E-state index in [1.54, 1.807) is 32.4 Å². The second-order valence-electron chi connectivity index (χ2n) is 6.72. The van der Waals surface area contributed by atoms with Crippen LogP contribution >= 0.6 is 0 Å². The lowest BCUT2D eigenvalue weighted by molar-refractivity contribution is 0.252. The van der Waals surface area contributed by atoms with Gasteiger partial charge in [0.25, 0.3) is 0 Å². The lowest BCUT2D eigenvalue weighted by Gasteiger charge is -2.27. The molecule has 0 atom stereocenters. The molecule has 2 N–H and O–H groups in total. The maximum atomic E-state index is 12.2. The Balaban J connectivity index is 1.53. The number of hydrogen-bond donors (Lipinski definition) is 2. The highest BCUT2D eigenvalue weighted by molar-refractivity contribution is 5.89. The Morgan fingerprint density at radius 3 is 2.56 bits per heavy atom. The monoisotopic (exact) mass is 369 g/mol. The third-order valence-electron chi connectivity index (χ3n) is 4.80. The number of urea groups is 1. The highest BCUT2D eigenvalue weighted by Gasteiger charge is 2.13. The summed E-state index contributed by atoms with van der Waals surface area (Å²) in [4.78, 5) is 14.5. The van der Waals surface area contributed by atoms with Gasteiger partial charge in [-0.05, 0) is 36.5 Å². The maximum absolute atomic E-state index is 12.2. The van der Waals surface area contributed by atoms with Crippen molar-refractivity contribution >= 4 is 17.4 Å². The van der Waals surface area contributed by atoms with Crippen LogP contribution in [0.1, 0.15) is 17.5 Å². The fraction of sp³-hybridized carbons (Fsp3) is 0.381. The highest BCUT2D eigenvalue weighted by atomic mass is 16.5. The van der Waals surface area contributed by atoms with Crippen LogP contribution in [0.2, 0.25) is 0 Å². The zero-order valence-electron chi connectivity index (χ0n) is 16.2. The molecule has 0 spiro atoms. The number of hydrogen-bond acceptors (Lipinski definition) is 4. The fourth-order valence-corrected chi connectivity index (χ4v) is 3.37. The first-order chi connectivity index (χ1) is 13.1. The number of methoxy groups -OCH3 is 2. The molecule has 0 aliphatic carbocycles. The molecule has 0 saturated heterocycles. The number of nitrogens with zero attached hydrogens (tertiary/aromatic N) is 1. The minimum absolute atomic E-state index is 0.247. The molecule has 144 valence electrons. The fourth-order valence-electron chi connectivity index (χ4n) is 3.37. The Hall–Kier alpha value is -2.89. The quantitative estimate of drug-likeness (QED) is 0.819. The highest BCUT2D eigenvalue weighted by Crippen LogP contribution is 2.27. The van der Waals surface area contributed by atoms with Crippen molar-refractivity contribution in [2.24, 2.45) is 0 Å². The third kappa shape index (κ3) is 4.84. The standard InChI is InChI=1S/C21H27N3O3/c1-24-10-4-5-16-11-15(6-7-20(16)24)8-9-22-21(25)23-17-12-18(26-2)14-19(13-17)27-3/h6-7,11-14H,4-5,8-10H2,1-3H3,(H2,22,23,25). The summed E-state index contributed by atoms with van der Waals surface area (Å²) in [5.74, 6) is 1.26. The molecule has 2 amide bonds. The summed E-state index contributed by atoms with van der Waals surface area (Å²) in [6, 6.07) is 11.6. The summed E-state index contributed by atoms with van der Waals surface area (Å²) in [6.45, 7) is 1.69. The van der Waals surface area contributed by atoms with Crippen LogP contribution in [0, 0.1) is 0 Å². The van der Waals surface area contributed by atoms with Crippen LogP contribution in [0.5, 0.6) is 11.5 Å². The Morgan fingerprint density at radius 2 is 1.85 bits per heavy atom. The van der Waals surface area contributed by atoms with E-state index >= 15 is 0 Å². The Labute approximate surface area is 160 Å². The lowest BCUT2D eigenvalue weighted by atomic mass is 9.98. The lowest BCUT2D eigenvalue weighted by Crippen LogP contribution is -2.30. The molecule has 3 rings (SSSR count). The number of nitrogens with one attached hydrogen (secondary N) is 2. The normalized spacial score (nSPS) is 12.9. The van der Waals surface area contributed by atoms with Crippen molar-refractivity contribution in [1.29, 1.82) is 0 Å². The summed E-state index contributed by atoms with van der Waals surface area (Å²) in [7, 11) is 5.29. The van der Waals surface area contributed by atoms with E-state index in [0.29, 0.717) is 23.7 Å². The van der Waals surface area contributed by atoms with Crippen LogP contribution in [0.4, 0.5) is 16.2 Å². The molecule has 0 saturated carbocycles. The van der Waals surface area contributed by atoms with Crippen molar-refractivity contribution in [3.63, 3.8) is 0 Å². The van der Waals surface area contributed by atoms with E-state index in [-0.39, 0.29) is 6.03 Å². The van der Waals surface area contributed by atoms with E-state index in [4.69, 9.17) is 9.47 Å². The van der Waals surface area contributed by atoms with Gasteiger partial charge in [-0.25, -0.2) is 4.79 Å². The van der Waals surface area contributed by atoms with Gasteiger partial charge in [-0.2, -0.15) is 0 Å². The minimum Gasteiger partial charge on any atom is -0.497 e. The molecule has 0 fully saturated rings. The van der Waals surface area contributed by atoms with Crippen LogP contribution in [-0.4, -0.2) is 40.4 Å². The van der Waals surface area contributed by atoms with Crippen molar-refractivity contribution in [1.82, 2.24) is 5.32 Å². The molecule has 0 aromatic heterocycles. The van der Waals surface area contributed by atoms with Crippen LogP contribution in [-0.2, 0) is 12.8 Å². The van der Waals surface area contributed by atoms with Gasteiger partial charge in [0.15, 0.2) is 0 Å². The molecular weight excluding hydrogens is 342 g/mol. The molecule has 1 aliphatic rings. The summed E-state index contributed by atoms with van der Waals surface area (Å²) in [6.07, 6.45) is 3.11. The number of amides is 2. The number of anilines is 2. The number of rotatable bonds is 6. The molecule has 0 radical (unpaired) electrons. The van der Waals surface area contributed by atoms with Gasteiger partial charge in [0.05, 0.1) is 14.2 Å². The Morgan fingerprint density at radius 1 is 1.11 bits per heavy atom. The van der Waals surface area contributed by atoms with Crippen molar-refractivity contribution in [3.05, 3.63) is 47.5 Å². The Bertz CT molecular complexity index is 785. The molecule has 27 heavy (non-hydrogen) atoms. The average molecular weight is 369 g/mol.